The summed E-state index contributed by atoms with van der Waals surface area (Å²) in [6.45, 7) is 6.42. The Balaban J connectivity index is 1.71. The van der Waals surface area contributed by atoms with Crippen molar-refractivity contribution in [1.29, 1.82) is 0 Å². The third kappa shape index (κ3) is 1.90. The van der Waals surface area contributed by atoms with Crippen molar-refractivity contribution >= 4 is 11.9 Å². The predicted molar refractivity (Wildman–Crippen MR) is 94.3 cm³/mol. The van der Waals surface area contributed by atoms with Crippen LogP contribution in [-0.4, -0.2) is 81.7 Å². The van der Waals surface area contributed by atoms with E-state index in [1.165, 1.54) is 14.0 Å². The average Bonchev–Trinajstić information content (AvgIpc) is 3.20. The van der Waals surface area contributed by atoms with Crippen LogP contribution in [0.5, 0.6) is 0 Å². The number of rotatable bonds is 3. The van der Waals surface area contributed by atoms with E-state index < -0.39 is 82.4 Å². The van der Waals surface area contributed by atoms with Gasteiger partial charge in [-0.15, -0.1) is 0 Å². The molecule has 3 heterocycles. The van der Waals surface area contributed by atoms with E-state index in [1.807, 2.05) is 0 Å². The number of aliphatic hydroxyl groups excluding tert-OH is 1. The summed E-state index contributed by atoms with van der Waals surface area (Å²) in [6.07, 6.45) is -3.82. The molecule has 2 saturated carbocycles. The first kappa shape index (κ1) is 19.7. The maximum absolute atomic E-state index is 12.9. The summed E-state index contributed by atoms with van der Waals surface area (Å²) in [5, 5.41) is 33.1. The number of hydrogen-bond acceptors (Lipinski definition) is 9. The third-order valence-corrected chi connectivity index (χ3v) is 8.42. The van der Waals surface area contributed by atoms with Crippen LogP contribution in [0.2, 0.25) is 0 Å². The minimum atomic E-state index is -1.76. The molecule has 9 heteroatoms. The summed E-state index contributed by atoms with van der Waals surface area (Å²) in [6, 6.07) is 0. The van der Waals surface area contributed by atoms with Gasteiger partial charge in [-0.2, -0.15) is 0 Å². The molecular formula is C20H28O9. The molecule has 0 aromatic carbocycles. The van der Waals surface area contributed by atoms with Crippen molar-refractivity contribution in [3.8, 4) is 0 Å². The van der Waals surface area contributed by atoms with Gasteiger partial charge in [-0.1, -0.05) is 6.92 Å². The number of fused-ring (bicyclic) bond motifs is 8. The fourth-order valence-corrected chi connectivity index (χ4v) is 7.10. The molecule has 3 aliphatic heterocycles. The van der Waals surface area contributed by atoms with Crippen LogP contribution in [0, 0.1) is 23.2 Å². The Morgan fingerprint density at radius 2 is 1.90 bits per heavy atom. The van der Waals surface area contributed by atoms with Crippen molar-refractivity contribution in [2.45, 2.75) is 81.4 Å². The minimum Gasteiger partial charge on any atom is -0.459 e. The van der Waals surface area contributed by atoms with Gasteiger partial charge < -0.3 is 34.3 Å². The molecule has 2 aliphatic carbocycles. The molecule has 2 bridgehead atoms. The highest BCUT2D eigenvalue weighted by Gasteiger charge is 2.93. The number of carbonyl (C=O) groups excluding carboxylic acids is 2. The van der Waals surface area contributed by atoms with Gasteiger partial charge >= 0.3 is 11.9 Å². The lowest BCUT2D eigenvalue weighted by atomic mass is 9.49. The number of esters is 2. The van der Waals surface area contributed by atoms with Gasteiger partial charge in [0.05, 0.1) is 29.0 Å². The number of epoxide rings is 1. The van der Waals surface area contributed by atoms with Crippen molar-refractivity contribution in [3.63, 3.8) is 0 Å². The molecular weight excluding hydrogens is 384 g/mol. The Hall–Kier alpha value is -1.26. The molecule has 5 fully saturated rings. The van der Waals surface area contributed by atoms with Crippen LogP contribution in [0.15, 0.2) is 0 Å². The molecule has 3 N–H and O–H groups in total. The predicted octanol–water partition coefficient (Wildman–Crippen LogP) is -0.855. The van der Waals surface area contributed by atoms with Crippen LogP contribution in [0.25, 0.3) is 0 Å². The zero-order valence-corrected chi connectivity index (χ0v) is 17.1. The molecule has 0 amide bonds. The fourth-order valence-electron chi connectivity index (χ4n) is 7.10. The first-order chi connectivity index (χ1) is 13.4. The maximum Gasteiger partial charge on any atom is 0.312 e. The summed E-state index contributed by atoms with van der Waals surface area (Å²) < 4.78 is 23.1. The molecule has 0 aromatic rings. The second-order valence-corrected chi connectivity index (χ2v) is 10.1. The highest BCUT2D eigenvalue weighted by Crippen LogP contribution is 2.75. The van der Waals surface area contributed by atoms with E-state index in [0.29, 0.717) is 0 Å². The topological polar surface area (TPSA) is 135 Å². The van der Waals surface area contributed by atoms with Gasteiger partial charge in [0.1, 0.15) is 30.0 Å². The lowest BCUT2D eigenvalue weighted by molar-refractivity contribution is -0.291. The second-order valence-electron chi connectivity index (χ2n) is 10.1. The lowest BCUT2D eigenvalue weighted by Crippen LogP contribution is -2.74. The van der Waals surface area contributed by atoms with Crippen molar-refractivity contribution in [2.75, 3.05) is 7.11 Å². The Bertz CT molecular complexity index is 789. The summed E-state index contributed by atoms with van der Waals surface area (Å²) in [5.74, 6) is -3.71. The molecule has 0 unspecified atom stereocenters. The van der Waals surface area contributed by atoms with Crippen LogP contribution in [0.3, 0.4) is 0 Å². The highest BCUT2D eigenvalue weighted by molar-refractivity contribution is 5.81. The number of ether oxygens (including phenoxy) is 4. The third-order valence-electron chi connectivity index (χ3n) is 8.42. The van der Waals surface area contributed by atoms with Crippen molar-refractivity contribution in [2.24, 2.45) is 23.2 Å². The van der Waals surface area contributed by atoms with Gasteiger partial charge in [0.2, 0.25) is 0 Å². The van der Waals surface area contributed by atoms with Gasteiger partial charge in [-0.3, -0.25) is 9.59 Å². The van der Waals surface area contributed by atoms with Gasteiger partial charge in [-0.05, 0) is 20.8 Å². The number of methoxy groups -OCH3 is 1. The first-order valence-corrected chi connectivity index (χ1v) is 10.1. The number of aliphatic hydroxyl groups is 3. The summed E-state index contributed by atoms with van der Waals surface area (Å²) in [5.41, 5.74) is -5.59. The van der Waals surface area contributed by atoms with E-state index >= 15 is 0 Å². The molecule has 3 saturated heterocycles. The Morgan fingerprint density at radius 3 is 2.41 bits per heavy atom. The van der Waals surface area contributed by atoms with E-state index in [2.05, 4.69) is 0 Å². The smallest absolute Gasteiger partial charge is 0.312 e. The number of carbonyl (C=O) groups is 2. The lowest BCUT2D eigenvalue weighted by Gasteiger charge is -2.59. The maximum atomic E-state index is 12.9. The van der Waals surface area contributed by atoms with E-state index in [4.69, 9.17) is 18.9 Å². The van der Waals surface area contributed by atoms with Crippen molar-refractivity contribution < 1.29 is 43.9 Å². The first-order valence-electron chi connectivity index (χ1n) is 10.1. The van der Waals surface area contributed by atoms with Crippen LogP contribution < -0.4 is 0 Å². The fraction of sp³-hybridized carbons (Fsp3) is 0.900. The van der Waals surface area contributed by atoms with E-state index in [0.717, 1.165) is 0 Å². The Kier molecular flexibility index (Phi) is 3.61. The van der Waals surface area contributed by atoms with E-state index in [9.17, 15) is 24.9 Å². The molecule has 5 aliphatic rings. The van der Waals surface area contributed by atoms with Crippen LogP contribution in [-0.2, 0) is 28.5 Å². The van der Waals surface area contributed by atoms with Gasteiger partial charge in [0, 0.05) is 19.4 Å². The normalized spacial score (nSPS) is 56.1. The largest absolute Gasteiger partial charge is 0.459 e. The highest BCUT2D eigenvalue weighted by atomic mass is 16.7. The summed E-state index contributed by atoms with van der Waals surface area (Å²) >= 11 is 0. The van der Waals surface area contributed by atoms with Gasteiger partial charge in [-0.25, -0.2) is 0 Å². The van der Waals surface area contributed by atoms with Crippen LogP contribution >= 0.6 is 0 Å². The Morgan fingerprint density at radius 1 is 1.24 bits per heavy atom. The quantitative estimate of drug-likeness (QED) is 0.400. The SMILES string of the molecule is CO[C@@H]1[C@@H]2OC(=O)[C@@H]([C@@H]2C(C)(C)O)[C@]2(O)[C@H]3O[C@H]3[C@]3(C[C@@H]([C@@H](C)O)C(=O)O3)[C@]12C. The Labute approximate surface area is 168 Å². The van der Waals surface area contributed by atoms with Crippen molar-refractivity contribution in [1.82, 2.24) is 0 Å². The molecule has 5 rings (SSSR count). The molecule has 0 radical (unpaired) electrons. The van der Waals surface area contributed by atoms with E-state index in [-0.39, 0.29) is 6.42 Å². The molecule has 11 atom stereocenters. The standard InChI is InChI=1S/C20H28O9/c1-7(21)8-6-19(29-15(8)22)13-14(28-13)20(25)10-9(17(2,3)24)11(27-16(10)23)12(26-5)18(19,20)4/h7-14,21,24-25H,6H2,1-5H3/t7-,8+,9+,10-,11-,12-,13-,14+,18+,19-,20+/m1/s1. The molecule has 162 valence electrons. The average molecular weight is 412 g/mol. The molecule has 29 heavy (non-hydrogen) atoms. The molecule has 1 spiro atoms. The van der Waals surface area contributed by atoms with Gasteiger partial charge in [0.25, 0.3) is 0 Å². The zero-order chi connectivity index (χ0) is 21.3. The molecule has 0 aromatic heterocycles. The monoisotopic (exact) mass is 412 g/mol. The van der Waals surface area contributed by atoms with Gasteiger partial charge in [0.15, 0.2) is 5.60 Å². The van der Waals surface area contributed by atoms with Crippen LogP contribution in [0.4, 0.5) is 0 Å². The minimum absolute atomic E-state index is 0.143. The zero-order valence-electron chi connectivity index (χ0n) is 17.1. The van der Waals surface area contributed by atoms with Crippen molar-refractivity contribution in [3.05, 3.63) is 0 Å². The second kappa shape index (κ2) is 5.31. The summed E-state index contributed by atoms with van der Waals surface area (Å²) in [7, 11) is 1.45. The van der Waals surface area contributed by atoms with E-state index in [1.54, 1.807) is 20.8 Å². The number of hydrogen-bond donors (Lipinski definition) is 3. The summed E-state index contributed by atoms with van der Waals surface area (Å²) in [4.78, 5) is 25.5. The molecule has 9 nitrogen and oxygen atoms in total. The van der Waals surface area contributed by atoms with Crippen LogP contribution in [0.1, 0.15) is 34.1 Å².